The molecule has 1 aromatic heterocycles. The summed E-state index contributed by atoms with van der Waals surface area (Å²) in [6.45, 7) is 5.84. The number of nitrogens with one attached hydrogen (secondary N) is 1. The Morgan fingerprint density at radius 3 is 2.69 bits per heavy atom. The van der Waals surface area contributed by atoms with Gasteiger partial charge in [-0.15, -0.1) is 0 Å². The van der Waals surface area contributed by atoms with Crippen LogP contribution in [0.5, 0.6) is 5.88 Å². The molecule has 7 heteroatoms. The first-order chi connectivity index (χ1) is 13.7. The Kier molecular flexibility index (Phi) is 6.37. The molecular weight excluding hydrogens is 375 g/mol. The van der Waals surface area contributed by atoms with E-state index >= 15 is 0 Å². The third-order valence-electron chi connectivity index (χ3n) is 4.54. The first-order valence-electron chi connectivity index (χ1n) is 9.68. The number of alkyl carbamates (subject to hydrolysis) is 1. The molecule has 156 valence electrons. The molecule has 1 aliphatic rings. The van der Waals surface area contributed by atoms with Crippen molar-refractivity contribution in [3.8, 4) is 5.88 Å². The minimum atomic E-state index is -0.538. The molecule has 2 aromatic rings. The first-order valence-corrected chi connectivity index (χ1v) is 9.68. The fraction of sp³-hybridized carbons (Fsp3) is 0.455. The van der Waals surface area contributed by atoms with Gasteiger partial charge >= 0.3 is 6.09 Å². The van der Waals surface area contributed by atoms with Gasteiger partial charge in [0.15, 0.2) is 0 Å². The SMILES string of the molecule is COc1ccc2ccc(F)c(C=C[C@@H]3CC[C@@H](NC(=O)OC(C)(C)C)CO3)c2n1. The number of rotatable bonds is 4. The van der Waals surface area contributed by atoms with Crippen LogP contribution in [0.4, 0.5) is 9.18 Å². The van der Waals surface area contributed by atoms with Crippen LogP contribution in [0.1, 0.15) is 39.2 Å². The highest BCUT2D eigenvalue weighted by Gasteiger charge is 2.24. The second-order valence-electron chi connectivity index (χ2n) is 8.04. The predicted octanol–water partition coefficient (Wildman–Crippen LogP) is 4.47. The Balaban J connectivity index is 1.63. The lowest BCUT2D eigenvalue weighted by molar-refractivity contribution is 0.0136. The zero-order valence-corrected chi connectivity index (χ0v) is 17.2. The van der Waals surface area contributed by atoms with Gasteiger partial charge in [0.25, 0.3) is 0 Å². The minimum Gasteiger partial charge on any atom is -0.481 e. The summed E-state index contributed by atoms with van der Waals surface area (Å²) >= 11 is 0. The standard InChI is InChI=1S/C22H27FN2O4/c1-22(2,3)29-21(26)24-15-7-8-16(28-13-15)9-10-17-18(23)11-5-14-6-12-19(27-4)25-20(14)17/h5-6,9-12,15-16H,7-8,13H2,1-4H3,(H,24,26)/t15-,16+/m1/s1. The molecule has 0 aliphatic carbocycles. The van der Waals surface area contributed by atoms with Gasteiger partial charge in [0.1, 0.15) is 11.4 Å². The van der Waals surface area contributed by atoms with E-state index in [2.05, 4.69) is 10.3 Å². The van der Waals surface area contributed by atoms with Crippen molar-refractivity contribution in [1.82, 2.24) is 10.3 Å². The van der Waals surface area contributed by atoms with Crippen molar-refractivity contribution in [3.05, 3.63) is 41.7 Å². The number of ether oxygens (including phenoxy) is 3. The summed E-state index contributed by atoms with van der Waals surface area (Å²) in [4.78, 5) is 16.2. The average Bonchev–Trinajstić information content (AvgIpc) is 2.66. The van der Waals surface area contributed by atoms with Crippen LogP contribution in [-0.2, 0) is 9.47 Å². The van der Waals surface area contributed by atoms with E-state index in [0.717, 1.165) is 11.8 Å². The summed E-state index contributed by atoms with van der Waals surface area (Å²) in [6.07, 6.45) is 4.39. The second-order valence-corrected chi connectivity index (χ2v) is 8.04. The highest BCUT2D eigenvalue weighted by Crippen LogP contribution is 2.25. The van der Waals surface area contributed by atoms with E-state index in [1.165, 1.54) is 13.2 Å². The number of carbonyl (C=O) groups excluding carboxylic acids is 1. The number of benzene rings is 1. The van der Waals surface area contributed by atoms with Crippen LogP contribution in [0.25, 0.3) is 17.0 Å². The molecule has 1 saturated heterocycles. The summed E-state index contributed by atoms with van der Waals surface area (Å²) in [5.74, 6) is 0.0810. The summed E-state index contributed by atoms with van der Waals surface area (Å²) in [6, 6.07) is 6.62. The number of methoxy groups -OCH3 is 1. The van der Waals surface area contributed by atoms with Gasteiger partial charge in [-0.3, -0.25) is 0 Å². The van der Waals surface area contributed by atoms with Crippen molar-refractivity contribution in [3.63, 3.8) is 0 Å². The van der Waals surface area contributed by atoms with E-state index in [-0.39, 0.29) is 18.0 Å². The monoisotopic (exact) mass is 402 g/mol. The lowest BCUT2D eigenvalue weighted by atomic mass is 10.0. The molecule has 0 spiro atoms. The third-order valence-corrected chi connectivity index (χ3v) is 4.54. The lowest BCUT2D eigenvalue weighted by Crippen LogP contribution is -2.44. The predicted molar refractivity (Wildman–Crippen MR) is 109 cm³/mol. The third kappa shape index (κ3) is 5.67. The maximum absolute atomic E-state index is 14.4. The molecule has 6 nitrogen and oxygen atoms in total. The number of nitrogens with zero attached hydrogens (tertiary/aromatic N) is 1. The van der Waals surface area contributed by atoms with Crippen LogP contribution in [-0.4, -0.2) is 42.5 Å². The van der Waals surface area contributed by atoms with Crippen LogP contribution >= 0.6 is 0 Å². The molecule has 3 rings (SSSR count). The van der Waals surface area contributed by atoms with Crippen molar-refractivity contribution in [2.24, 2.45) is 0 Å². The van der Waals surface area contributed by atoms with Crippen molar-refractivity contribution < 1.29 is 23.4 Å². The van der Waals surface area contributed by atoms with Gasteiger partial charge in [-0.05, 0) is 51.8 Å². The number of hydrogen-bond acceptors (Lipinski definition) is 5. The van der Waals surface area contributed by atoms with E-state index in [9.17, 15) is 9.18 Å². The van der Waals surface area contributed by atoms with Crippen LogP contribution in [0, 0.1) is 5.82 Å². The molecule has 0 unspecified atom stereocenters. The van der Waals surface area contributed by atoms with Gasteiger partial charge in [0.05, 0.1) is 31.4 Å². The first kappa shape index (κ1) is 21.0. The maximum Gasteiger partial charge on any atom is 0.407 e. The quantitative estimate of drug-likeness (QED) is 0.817. The number of carbonyl (C=O) groups is 1. The van der Waals surface area contributed by atoms with Crippen LogP contribution < -0.4 is 10.1 Å². The molecule has 29 heavy (non-hydrogen) atoms. The van der Waals surface area contributed by atoms with E-state index in [4.69, 9.17) is 14.2 Å². The van der Waals surface area contributed by atoms with E-state index in [0.29, 0.717) is 30.0 Å². The van der Waals surface area contributed by atoms with Crippen molar-refractivity contribution in [2.75, 3.05) is 13.7 Å². The highest BCUT2D eigenvalue weighted by molar-refractivity contribution is 5.87. The molecular formula is C22H27FN2O4. The fourth-order valence-electron chi connectivity index (χ4n) is 3.16. The Hall–Kier alpha value is -2.67. The van der Waals surface area contributed by atoms with E-state index < -0.39 is 11.7 Å². The van der Waals surface area contributed by atoms with Crippen molar-refractivity contribution >= 4 is 23.1 Å². The Labute approximate surface area is 170 Å². The lowest BCUT2D eigenvalue weighted by Gasteiger charge is -2.29. The number of amides is 1. The van der Waals surface area contributed by atoms with Crippen molar-refractivity contribution in [1.29, 1.82) is 0 Å². The molecule has 1 aromatic carbocycles. The van der Waals surface area contributed by atoms with E-state index in [1.807, 2.05) is 32.9 Å². The zero-order valence-electron chi connectivity index (χ0n) is 17.2. The van der Waals surface area contributed by atoms with Gasteiger partial charge < -0.3 is 19.5 Å². The summed E-state index contributed by atoms with van der Waals surface area (Å²) < 4.78 is 30.7. The van der Waals surface area contributed by atoms with E-state index in [1.54, 1.807) is 18.2 Å². The number of hydrogen-bond donors (Lipinski definition) is 1. The van der Waals surface area contributed by atoms with Crippen LogP contribution in [0.15, 0.2) is 30.3 Å². The minimum absolute atomic E-state index is 0.102. The van der Waals surface area contributed by atoms with Crippen molar-refractivity contribution in [2.45, 2.75) is 51.4 Å². The second kappa shape index (κ2) is 8.78. The topological polar surface area (TPSA) is 69.7 Å². The number of aromatic nitrogens is 1. The normalized spacial score (nSPS) is 20.0. The summed E-state index contributed by atoms with van der Waals surface area (Å²) in [5.41, 5.74) is 0.407. The Bertz CT molecular complexity index is 900. The zero-order chi connectivity index (χ0) is 21.0. The number of halogens is 1. The van der Waals surface area contributed by atoms with Gasteiger partial charge in [0.2, 0.25) is 5.88 Å². The molecule has 0 saturated carbocycles. The smallest absolute Gasteiger partial charge is 0.407 e. The summed E-state index contributed by atoms with van der Waals surface area (Å²) in [7, 11) is 1.53. The Morgan fingerprint density at radius 1 is 1.28 bits per heavy atom. The Morgan fingerprint density at radius 2 is 2.03 bits per heavy atom. The van der Waals surface area contributed by atoms with Crippen LogP contribution in [0.3, 0.4) is 0 Å². The number of fused-ring (bicyclic) bond motifs is 1. The molecule has 0 bridgehead atoms. The molecule has 0 radical (unpaired) electrons. The van der Waals surface area contributed by atoms with Gasteiger partial charge in [-0.1, -0.05) is 12.2 Å². The van der Waals surface area contributed by atoms with Gasteiger partial charge in [-0.25, -0.2) is 14.2 Å². The fourth-order valence-corrected chi connectivity index (χ4v) is 3.16. The summed E-state index contributed by atoms with van der Waals surface area (Å²) in [5, 5.41) is 3.65. The van der Waals surface area contributed by atoms with Crippen LogP contribution in [0.2, 0.25) is 0 Å². The molecule has 2 heterocycles. The highest BCUT2D eigenvalue weighted by atomic mass is 19.1. The molecule has 2 atom stereocenters. The number of pyridine rings is 1. The average molecular weight is 402 g/mol. The molecule has 1 N–H and O–H groups in total. The van der Waals surface area contributed by atoms with Gasteiger partial charge in [0, 0.05) is 17.0 Å². The largest absolute Gasteiger partial charge is 0.481 e. The molecule has 1 amide bonds. The van der Waals surface area contributed by atoms with Gasteiger partial charge in [-0.2, -0.15) is 0 Å². The molecule has 1 fully saturated rings. The maximum atomic E-state index is 14.4. The molecule has 1 aliphatic heterocycles.